The summed E-state index contributed by atoms with van der Waals surface area (Å²) >= 11 is 5.59. The van der Waals surface area contributed by atoms with Crippen molar-refractivity contribution in [2.75, 3.05) is 33.3 Å². The average Bonchev–Trinajstić information content (AvgIpc) is 2.11. The number of alkyl halides is 1. The number of halogens is 1. The van der Waals surface area contributed by atoms with Crippen molar-refractivity contribution < 1.29 is 14.0 Å². The number of carbonyl (C=O) groups excluding carboxylic acids is 1. The van der Waals surface area contributed by atoms with E-state index in [4.69, 9.17) is 16.3 Å². The summed E-state index contributed by atoms with van der Waals surface area (Å²) in [5, 5.41) is 0. The Labute approximate surface area is 90.9 Å². The number of hydrogen-bond donors (Lipinski definition) is 0. The average molecular weight is 221 g/mol. The summed E-state index contributed by atoms with van der Waals surface area (Å²) in [5.41, 5.74) is 0.433. The monoisotopic (exact) mass is 220 g/mol. The van der Waals surface area contributed by atoms with Crippen molar-refractivity contribution in [1.29, 1.82) is 0 Å². The summed E-state index contributed by atoms with van der Waals surface area (Å²) in [6.45, 7) is 6.41. The number of nitrogens with zero attached hydrogens (tertiary/aromatic N) is 1. The van der Waals surface area contributed by atoms with Gasteiger partial charge in [-0.2, -0.15) is 0 Å². The summed E-state index contributed by atoms with van der Waals surface area (Å²) in [6, 6.07) is 0. The van der Waals surface area contributed by atoms with Crippen molar-refractivity contribution in [3.05, 3.63) is 12.2 Å². The minimum absolute atomic E-state index is 0.331. The van der Waals surface area contributed by atoms with E-state index in [9.17, 15) is 4.79 Å². The van der Waals surface area contributed by atoms with Crippen LogP contribution in [0.4, 0.5) is 0 Å². The van der Waals surface area contributed by atoms with E-state index in [1.807, 2.05) is 14.1 Å². The van der Waals surface area contributed by atoms with Gasteiger partial charge in [-0.1, -0.05) is 6.58 Å². The van der Waals surface area contributed by atoms with Crippen LogP contribution in [0.1, 0.15) is 13.3 Å². The summed E-state index contributed by atoms with van der Waals surface area (Å²) in [4.78, 5) is 11.1. The van der Waals surface area contributed by atoms with Gasteiger partial charge in [-0.05, 0) is 6.92 Å². The van der Waals surface area contributed by atoms with Gasteiger partial charge < -0.3 is 4.74 Å². The van der Waals surface area contributed by atoms with E-state index in [-0.39, 0.29) is 5.97 Å². The van der Waals surface area contributed by atoms with Gasteiger partial charge in [0.1, 0.15) is 0 Å². The SMILES string of the molecule is C=C(C)C(=O)OC[N+](C)(C)CCCCl. The predicted octanol–water partition coefficient (Wildman–Crippen LogP) is 1.77. The van der Waals surface area contributed by atoms with E-state index in [1.165, 1.54) is 0 Å². The molecular formula is C10H19ClNO2+. The molecule has 0 rings (SSSR count). The third kappa shape index (κ3) is 6.00. The van der Waals surface area contributed by atoms with Gasteiger partial charge in [-0.25, -0.2) is 4.79 Å². The summed E-state index contributed by atoms with van der Waals surface area (Å²) < 4.78 is 5.69. The molecule has 0 amide bonds. The third-order valence-electron chi connectivity index (χ3n) is 1.79. The minimum Gasteiger partial charge on any atom is -0.412 e. The molecule has 0 N–H and O–H groups in total. The van der Waals surface area contributed by atoms with Crippen molar-refractivity contribution in [3.8, 4) is 0 Å². The highest BCUT2D eigenvalue weighted by atomic mass is 35.5. The van der Waals surface area contributed by atoms with Gasteiger partial charge in [0.2, 0.25) is 6.73 Å². The standard InChI is InChI=1S/C10H19ClNO2/c1-9(2)10(13)14-8-12(3,4)7-5-6-11/h1,5-8H2,2-4H3/q+1. The Hall–Kier alpha value is -0.540. The predicted molar refractivity (Wildman–Crippen MR) is 58.1 cm³/mol. The van der Waals surface area contributed by atoms with E-state index in [1.54, 1.807) is 6.92 Å². The molecule has 0 atom stereocenters. The van der Waals surface area contributed by atoms with Gasteiger partial charge in [0.15, 0.2) is 0 Å². The molecule has 0 unspecified atom stereocenters. The first-order valence-corrected chi connectivity index (χ1v) is 5.13. The molecule has 82 valence electrons. The van der Waals surface area contributed by atoms with Gasteiger partial charge in [0, 0.05) is 17.9 Å². The molecule has 0 saturated carbocycles. The van der Waals surface area contributed by atoms with Gasteiger partial charge in [-0.3, -0.25) is 4.48 Å². The number of ether oxygens (including phenoxy) is 1. The van der Waals surface area contributed by atoms with Crippen molar-refractivity contribution in [2.45, 2.75) is 13.3 Å². The normalized spacial score (nSPS) is 11.1. The second kappa shape index (κ2) is 6.04. The minimum atomic E-state index is -0.331. The molecule has 0 spiro atoms. The smallest absolute Gasteiger partial charge is 0.337 e. The first-order chi connectivity index (χ1) is 6.39. The number of quaternary nitrogens is 1. The molecule has 3 nitrogen and oxygen atoms in total. The van der Waals surface area contributed by atoms with Crippen LogP contribution in [-0.2, 0) is 9.53 Å². The third-order valence-corrected chi connectivity index (χ3v) is 2.06. The molecule has 4 heteroatoms. The Morgan fingerprint density at radius 2 is 2.07 bits per heavy atom. The van der Waals surface area contributed by atoms with Crippen LogP contribution in [0.25, 0.3) is 0 Å². The lowest BCUT2D eigenvalue weighted by atomic mass is 10.4. The maximum atomic E-state index is 11.1. The fourth-order valence-electron chi connectivity index (χ4n) is 0.909. The number of esters is 1. The molecule has 0 radical (unpaired) electrons. The Bertz CT molecular complexity index is 214. The highest BCUT2D eigenvalue weighted by molar-refractivity contribution is 6.17. The topological polar surface area (TPSA) is 26.3 Å². The second-order valence-electron chi connectivity index (χ2n) is 4.04. The van der Waals surface area contributed by atoms with Crippen molar-refractivity contribution in [2.24, 2.45) is 0 Å². The van der Waals surface area contributed by atoms with Crippen LogP contribution in [-0.4, -0.2) is 43.7 Å². The Balaban J connectivity index is 3.86. The van der Waals surface area contributed by atoms with Crippen molar-refractivity contribution in [1.82, 2.24) is 0 Å². The lowest BCUT2D eigenvalue weighted by Gasteiger charge is -2.28. The van der Waals surface area contributed by atoms with Crippen LogP contribution >= 0.6 is 11.6 Å². The molecule has 0 aliphatic heterocycles. The fraction of sp³-hybridized carbons (Fsp3) is 0.700. The van der Waals surface area contributed by atoms with Crippen LogP contribution in [0.5, 0.6) is 0 Å². The Kier molecular flexibility index (Phi) is 5.81. The van der Waals surface area contributed by atoms with Crippen molar-refractivity contribution in [3.63, 3.8) is 0 Å². The maximum Gasteiger partial charge on any atom is 0.337 e. The lowest BCUT2D eigenvalue weighted by Crippen LogP contribution is -2.43. The molecular weight excluding hydrogens is 202 g/mol. The molecule has 0 bridgehead atoms. The molecule has 0 fully saturated rings. The quantitative estimate of drug-likeness (QED) is 0.224. The fourth-order valence-corrected chi connectivity index (χ4v) is 1.03. The summed E-state index contributed by atoms with van der Waals surface area (Å²) in [5.74, 6) is 0.304. The van der Waals surface area contributed by atoms with Gasteiger partial charge in [0.25, 0.3) is 0 Å². The summed E-state index contributed by atoms with van der Waals surface area (Å²) in [7, 11) is 4.00. The molecule has 0 aliphatic carbocycles. The highest BCUT2D eigenvalue weighted by Crippen LogP contribution is 2.02. The lowest BCUT2D eigenvalue weighted by molar-refractivity contribution is -0.907. The molecule has 0 aromatic carbocycles. The Morgan fingerprint density at radius 1 is 1.50 bits per heavy atom. The molecule has 14 heavy (non-hydrogen) atoms. The zero-order valence-corrected chi connectivity index (χ0v) is 9.93. The van der Waals surface area contributed by atoms with E-state index in [2.05, 4.69) is 6.58 Å². The zero-order chi connectivity index (χ0) is 11.2. The van der Waals surface area contributed by atoms with Crippen LogP contribution in [0, 0.1) is 0 Å². The molecule has 0 heterocycles. The second-order valence-corrected chi connectivity index (χ2v) is 4.42. The molecule has 0 saturated heterocycles. The van der Waals surface area contributed by atoms with Crippen LogP contribution < -0.4 is 0 Å². The Morgan fingerprint density at radius 3 is 2.50 bits per heavy atom. The van der Waals surface area contributed by atoms with Gasteiger partial charge in [-0.15, -0.1) is 11.6 Å². The van der Waals surface area contributed by atoms with Crippen LogP contribution in [0.3, 0.4) is 0 Å². The van der Waals surface area contributed by atoms with E-state index < -0.39 is 0 Å². The highest BCUT2D eigenvalue weighted by Gasteiger charge is 2.16. The van der Waals surface area contributed by atoms with E-state index in [0.717, 1.165) is 13.0 Å². The maximum absolute atomic E-state index is 11.1. The van der Waals surface area contributed by atoms with Gasteiger partial charge in [0.05, 0.1) is 20.6 Å². The number of carbonyl (C=O) groups is 1. The molecule has 0 aromatic heterocycles. The first-order valence-electron chi connectivity index (χ1n) is 4.59. The number of rotatable bonds is 6. The molecule has 0 aliphatic rings. The van der Waals surface area contributed by atoms with Crippen LogP contribution in [0.2, 0.25) is 0 Å². The van der Waals surface area contributed by atoms with Crippen LogP contribution in [0.15, 0.2) is 12.2 Å². The van der Waals surface area contributed by atoms with Crippen molar-refractivity contribution >= 4 is 17.6 Å². The number of hydrogen-bond acceptors (Lipinski definition) is 2. The summed E-state index contributed by atoms with van der Waals surface area (Å²) in [6.07, 6.45) is 0.916. The van der Waals surface area contributed by atoms with Gasteiger partial charge >= 0.3 is 5.97 Å². The zero-order valence-electron chi connectivity index (χ0n) is 9.18. The molecule has 0 aromatic rings. The van der Waals surface area contributed by atoms with E-state index in [0.29, 0.717) is 22.7 Å². The first kappa shape index (κ1) is 13.5. The van der Waals surface area contributed by atoms with E-state index >= 15 is 0 Å². The largest absolute Gasteiger partial charge is 0.412 e.